The number of hydrogen-bond acceptors (Lipinski definition) is 8. The molecule has 0 aliphatic heterocycles. The van der Waals surface area contributed by atoms with Crippen molar-refractivity contribution in [2.24, 2.45) is 5.92 Å². The van der Waals surface area contributed by atoms with Gasteiger partial charge >= 0.3 is 11.9 Å². The van der Waals surface area contributed by atoms with Gasteiger partial charge in [-0.1, -0.05) is 19.9 Å². The predicted octanol–water partition coefficient (Wildman–Crippen LogP) is 2.90. The first-order valence-electron chi connectivity index (χ1n) is 9.14. The Balaban J connectivity index is 3.10. The molecular weight excluding hydrogens is 386 g/mol. The maximum absolute atomic E-state index is 11.9. The number of para-hydroxylation sites is 1. The van der Waals surface area contributed by atoms with Gasteiger partial charge in [0, 0.05) is 19.3 Å². The lowest BCUT2D eigenvalue weighted by atomic mass is 10.1. The van der Waals surface area contributed by atoms with Gasteiger partial charge in [-0.3, -0.25) is 4.79 Å². The average molecular weight is 416 g/mol. The number of aliphatic carboxylic acids is 1. The lowest BCUT2D eigenvalue weighted by Gasteiger charge is -2.21. The smallest absolute Gasteiger partial charge is 0.340 e. The van der Waals surface area contributed by atoms with Gasteiger partial charge in [-0.2, -0.15) is 0 Å². The number of ether oxygens (including phenoxy) is 2. The quantitative estimate of drug-likeness (QED) is 0.287. The lowest BCUT2D eigenvalue weighted by molar-refractivity contribution is -0.142. The summed E-state index contributed by atoms with van der Waals surface area (Å²) >= 11 is 3.48. The van der Waals surface area contributed by atoms with E-state index in [9.17, 15) is 14.7 Å². The van der Waals surface area contributed by atoms with Gasteiger partial charge in [0.2, 0.25) is 0 Å². The molecule has 0 aromatic heterocycles. The molecule has 2 unspecified atom stereocenters. The SMILES string of the molecule is CC(C)CCOc1cccc(OCCC(C)O)c1NC(CC(=O)O)C(=O)OS. The number of benzene rings is 1. The topological polar surface area (TPSA) is 114 Å². The zero-order chi connectivity index (χ0) is 21.1. The summed E-state index contributed by atoms with van der Waals surface area (Å²) < 4.78 is 15.9. The molecular formula is C19H29NO7S. The number of carboxylic acid groups (broad SMARTS) is 1. The summed E-state index contributed by atoms with van der Waals surface area (Å²) in [4.78, 5) is 23.1. The molecule has 8 nitrogen and oxygen atoms in total. The number of carboxylic acids is 1. The number of carbonyl (C=O) groups excluding carboxylic acids is 1. The minimum atomic E-state index is -1.18. The van der Waals surface area contributed by atoms with Crippen molar-refractivity contribution in [1.82, 2.24) is 0 Å². The average Bonchev–Trinajstić information content (AvgIpc) is 2.61. The van der Waals surface area contributed by atoms with Crippen molar-refractivity contribution < 1.29 is 33.5 Å². The third-order valence-corrected chi connectivity index (χ3v) is 3.99. The predicted molar refractivity (Wildman–Crippen MR) is 108 cm³/mol. The highest BCUT2D eigenvalue weighted by molar-refractivity contribution is 7.75. The minimum Gasteiger partial charge on any atom is -0.491 e. The minimum absolute atomic E-state index is 0.238. The highest BCUT2D eigenvalue weighted by Crippen LogP contribution is 2.36. The summed E-state index contributed by atoms with van der Waals surface area (Å²) in [6.07, 6.45) is 0.201. The van der Waals surface area contributed by atoms with Gasteiger partial charge in [0.1, 0.15) is 23.2 Å². The third-order valence-electron chi connectivity index (χ3n) is 3.81. The molecule has 0 saturated heterocycles. The van der Waals surface area contributed by atoms with Crippen molar-refractivity contribution >= 4 is 30.5 Å². The van der Waals surface area contributed by atoms with Crippen molar-refractivity contribution in [2.75, 3.05) is 18.5 Å². The van der Waals surface area contributed by atoms with Crippen LogP contribution < -0.4 is 14.8 Å². The van der Waals surface area contributed by atoms with Crippen molar-refractivity contribution in [3.63, 3.8) is 0 Å². The van der Waals surface area contributed by atoms with Crippen LogP contribution in [0.4, 0.5) is 5.69 Å². The Morgan fingerprint density at radius 1 is 1.11 bits per heavy atom. The van der Waals surface area contributed by atoms with Crippen LogP contribution in [0.25, 0.3) is 0 Å². The molecule has 2 atom stereocenters. The van der Waals surface area contributed by atoms with Gasteiger partial charge in [-0.25, -0.2) is 4.79 Å². The molecule has 0 aliphatic rings. The van der Waals surface area contributed by atoms with E-state index in [1.165, 1.54) is 0 Å². The van der Waals surface area contributed by atoms with Crippen LogP contribution in [0.1, 0.15) is 40.0 Å². The van der Waals surface area contributed by atoms with Gasteiger partial charge in [0.05, 0.1) is 25.7 Å². The largest absolute Gasteiger partial charge is 0.491 e. The van der Waals surface area contributed by atoms with Crippen molar-refractivity contribution in [3.05, 3.63) is 18.2 Å². The third kappa shape index (κ3) is 8.71. The molecule has 1 aromatic carbocycles. The van der Waals surface area contributed by atoms with Crippen LogP contribution in [-0.4, -0.2) is 47.5 Å². The fraction of sp³-hybridized carbons (Fsp3) is 0.579. The summed E-state index contributed by atoms with van der Waals surface area (Å²) in [5.41, 5.74) is 0.349. The van der Waals surface area contributed by atoms with E-state index in [0.717, 1.165) is 6.42 Å². The van der Waals surface area contributed by atoms with Gasteiger partial charge in [0.15, 0.2) is 0 Å². The zero-order valence-corrected chi connectivity index (χ0v) is 17.3. The first kappa shape index (κ1) is 23.9. The highest BCUT2D eigenvalue weighted by Gasteiger charge is 2.26. The van der Waals surface area contributed by atoms with Gasteiger partial charge in [0.25, 0.3) is 0 Å². The second-order valence-corrected chi connectivity index (χ2v) is 7.03. The van der Waals surface area contributed by atoms with Crippen molar-refractivity contribution in [1.29, 1.82) is 0 Å². The van der Waals surface area contributed by atoms with Gasteiger partial charge in [-0.05, 0) is 31.4 Å². The van der Waals surface area contributed by atoms with Gasteiger partial charge < -0.3 is 29.2 Å². The number of rotatable bonds is 13. The van der Waals surface area contributed by atoms with E-state index in [0.29, 0.717) is 36.1 Å². The molecule has 0 spiro atoms. The maximum atomic E-state index is 11.9. The summed E-state index contributed by atoms with van der Waals surface area (Å²) in [6.45, 7) is 6.49. The fourth-order valence-corrected chi connectivity index (χ4v) is 2.37. The monoisotopic (exact) mass is 415 g/mol. The van der Waals surface area contributed by atoms with E-state index in [1.54, 1.807) is 25.1 Å². The van der Waals surface area contributed by atoms with Crippen molar-refractivity contribution in [2.45, 2.75) is 52.2 Å². The van der Waals surface area contributed by atoms with Crippen LogP contribution >= 0.6 is 12.9 Å². The Bertz CT molecular complexity index is 604. The van der Waals surface area contributed by atoms with E-state index in [1.807, 2.05) is 0 Å². The molecule has 1 aromatic rings. The number of carbonyl (C=O) groups is 2. The van der Waals surface area contributed by atoms with Crippen LogP contribution in [0.5, 0.6) is 11.5 Å². The van der Waals surface area contributed by atoms with Crippen LogP contribution in [0.2, 0.25) is 0 Å². The molecule has 158 valence electrons. The molecule has 0 radical (unpaired) electrons. The summed E-state index contributed by atoms with van der Waals surface area (Å²) in [5, 5.41) is 21.4. The Hall–Kier alpha value is -2.13. The Kier molecular flexibility index (Phi) is 10.5. The van der Waals surface area contributed by atoms with Crippen LogP contribution in [0, 0.1) is 5.92 Å². The number of nitrogens with one attached hydrogen (secondary N) is 1. The zero-order valence-electron chi connectivity index (χ0n) is 16.4. The molecule has 0 bridgehead atoms. The summed E-state index contributed by atoms with van der Waals surface area (Å²) in [7, 11) is 0. The second kappa shape index (κ2) is 12.4. The van der Waals surface area contributed by atoms with Gasteiger partial charge in [-0.15, -0.1) is 0 Å². The number of hydrogen-bond donors (Lipinski definition) is 4. The van der Waals surface area contributed by atoms with E-state index < -0.39 is 30.5 Å². The molecule has 1 rings (SSSR count). The maximum Gasteiger partial charge on any atom is 0.340 e. The van der Waals surface area contributed by atoms with Crippen LogP contribution in [0.15, 0.2) is 18.2 Å². The molecule has 0 fully saturated rings. The molecule has 0 heterocycles. The second-order valence-electron chi connectivity index (χ2n) is 6.85. The van der Waals surface area contributed by atoms with E-state index >= 15 is 0 Å². The van der Waals surface area contributed by atoms with Crippen LogP contribution in [-0.2, 0) is 13.8 Å². The first-order chi connectivity index (χ1) is 13.2. The lowest BCUT2D eigenvalue weighted by Crippen LogP contribution is -2.32. The molecule has 3 N–H and O–H groups in total. The Morgan fingerprint density at radius 3 is 2.14 bits per heavy atom. The summed E-state index contributed by atoms with van der Waals surface area (Å²) in [6, 6.07) is 3.93. The Labute approximate surface area is 170 Å². The van der Waals surface area contributed by atoms with E-state index in [-0.39, 0.29) is 6.61 Å². The molecule has 0 saturated carbocycles. The fourth-order valence-electron chi connectivity index (χ4n) is 2.24. The standard InChI is InChI=1S/C19H29NO7S/c1-12(2)7-9-25-15-5-4-6-16(26-10-8-13(3)21)18(15)20-14(11-17(22)23)19(24)27-28/h4-6,12-14,20-21,28H,7-11H2,1-3H3,(H,22,23). The normalized spacial score (nSPS) is 12.9. The number of aliphatic hydroxyl groups is 1. The van der Waals surface area contributed by atoms with E-state index in [2.05, 4.69) is 36.3 Å². The number of thiol groups is 1. The number of aliphatic hydroxyl groups excluding tert-OH is 1. The molecule has 28 heavy (non-hydrogen) atoms. The molecule has 0 aliphatic carbocycles. The first-order valence-corrected chi connectivity index (χ1v) is 9.51. The van der Waals surface area contributed by atoms with Crippen molar-refractivity contribution in [3.8, 4) is 11.5 Å². The Morgan fingerprint density at radius 2 is 1.68 bits per heavy atom. The molecule has 9 heteroatoms. The highest BCUT2D eigenvalue weighted by atomic mass is 32.1. The molecule has 0 amide bonds. The number of anilines is 1. The van der Waals surface area contributed by atoms with E-state index in [4.69, 9.17) is 14.6 Å². The summed E-state index contributed by atoms with van der Waals surface area (Å²) in [5.74, 6) is -0.757. The van der Waals surface area contributed by atoms with Crippen LogP contribution in [0.3, 0.4) is 0 Å².